The molecule has 0 aliphatic carbocycles. The van der Waals surface area contributed by atoms with E-state index in [2.05, 4.69) is 13.2 Å². The first-order valence-corrected chi connectivity index (χ1v) is 14.7. The molecule has 3 amide bonds. The number of fused-ring (bicyclic) bond motifs is 1. The highest BCUT2D eigenvalue weighted by Crippen LogP contribution is 2.64. The van der Waals surface area contributed by atoms with Crippen LogP contribution in [0.4, 0.5) is 5.69 Å². The summed E-state index contributed by atoms with van der Waals surface area (Å²) in [5, 5.41) is 10.1. The lowest BCUT2D eigenvalue weighted by atomic mass is 9.64. The van der Waals surface area contributed by atoms with E-state index in [0.717, 1.165) is 12.0 Å². The number of likely N-dealkylation sites (tertiary alicyclic amines) is 1. The van der Waals surface area contributed by atoms with Crippen molar-refractivity contribution in [1.29, 1.82) is 0 Å². The Balaban J connectivity index is 1.85. The number of amides is 3. The van der Waals surface area contributed by atoms with Crippen molar-refractivity contribution in [3.8, 4) is 0 Å². The topological polar surface area (TPSA) is 90.4 Å². The summed E-state index contributed by atoms with van der Waals surface area (Å²) in [5.74, 6) is -2.19. The minimum Gasteiger partial charge on any atom is -0.396 e. The molecule has 218 valence electrons. The summed E-state index contributed by atoms with van der Waals surface area (Å²) in [5.41, 5.74) is -0.595. The van der Waals surface area contributed by atoms with Crippen LogP contribution in [-0.2, 0) is 19.1 Å². The van der Waals surface area contributed by atoms with E-state index in [1.165, 1.54) is 0 Å². The van der Waals surface area contributed by atoms with Gasteiger partial charge in [0.2, 0.25) is 11.8 Å². The van der Waals surface area contributed by atoms with Gasteiger partial charge in [0.25, 0.3) is 5.91 Å². The highest BCUT2D eigenvalue weighted by molar-refractivity contribution is 6.34. The van der Waals surface area contributed by atoms with E-state index in [-0.39, 0.29) is 37.4 Å². The maximum absolute atomic E-state index is 14.7. The van der Waals surface area contributed by atoms with Gasteiger partial charge in [0.1, 0.15) is 11.6 Å². The highest BCUT2D eigenvalue weighted by Gasteiger charge is 2.79. The number of hydrogen-bond donors (Lipinski definition) is 1. The van der Waals surface area contributed by atoms with Gasteiger partial charge in [-0.3, -0.25) is 14.4 Å². The van der Waals surface area contributed by atoms with Crippen molar-refractivity contribution in [2.75, 3.05) is 37.7 Å². The Morgan fingerprint density at radius 1 is 1.20 bits per heavy atom. The molecule has 40 heavy (non-hydrogen) atoms. The lowest BCUT2D eigenvalue weighted by Crippen LogP contribution is -2.57. The number of hydrogen-bond acceptors (Lipinski definition) is 5. The molecule has 0 saturated carbocycles. The summed E-state index contributed by atoms with van der Waals surface area (Å²) >= 11 is 6.62. The van der Waals surface area contributed by atoms with Crippen LogP contribution in [0, 0.1) is 18.8 Å². The van der Waals surface area contributed by atoms with Crippen LogP contribution in [0.15, 0.2) is 43.5 Å². The second-order valence-corrected chi connectivity index (χ2v) is 11.6. The molecule has 3 aliphatic rings. The van der Waals surface area contributed by atoms with E-state index in [4.69, 9.17) is 16.3 Å². The predicted molar refractivity (Wildman–Crippen MR) is 156 cm³/mol. The van der Waals surface area contributed by atoms with E-state index < -0.39 is 29.1 Å². The molecule has 2 unspecified atom stereocenters. The summed E-state index contributed by atoms with van der Waals surface area (Å²) in [4.78, 5) is 48.0. The number of aliphatic hydroxyl groups excluding tert-OH is 1. The molecule has 1 N–H and O–H groups in total. The SMILES string of the molecule is C=CCN(CCC)C(=O)[C@H]1[C@H]2C(=O)N(CCCO)C(C(=O)N(CC=C)c3c(C)cccc3Cl)C23CC[C@]1(CC)O3. The Kier molecular flexibility index (Phi) is 9.12. The average Bonchev–Trinajstić information content (AvgIpc) is 3.54. The lowest BCUT2D eigenvalue weighted by Gasteiger charge is -2.37. The minimum absolute atomic E-state index is 0.122. The Bertz CT molecular complexity index is 1150. The predicted octanol–water partition coefficient (Wildman–Crippen LogP) is 4.13. The number of aliphatic hydroxyl groups is 1. The van der Waals surface area contributed by atoms with Crippen LogP contribution in [-0.4, -0.2) is 82.7 Å². The Morgan fingerprint density at radius 2 is 1.93 bits per heavy atom. The molecular weight excluding hydrogens is 530 g/mol. The molecule has 1 aromatic rings. The van der Waals surface area contributed by atoms with Crippen LogP contribution >= 0.6 is 11.6 Å². The zero-order valence-corrected chi connectivity index (χ0v) is 24.7. The van der Waals surface area contributed by atoms with Crippen LogP contribution in [0.5, 0.6) is 0 Å². The number of anilines is 1. The summed E-state index contributed by atoms with van der Waals surface area (Å²) in [7, 11) is 0. The van der Waals surface area contributed by atoms with Crippen LogP contribution < -0.4 is 4.90 Å². The zero-order valence-electron chi connectivity index (χ0n) is 23.9. The van der Waals surface area contributed by atoms with Gasteiger partial charge in [0, 0.05) is 32.8 Å². The molecule has 0 radical (unpaired) electrons. The number of benzene rings is 1. The Hall–Kier alpha value is -2.68. The van der Waals surface area contributed by atoms with Crippen LogP contribution in [0.1, 0.15) is 51.5 Å². The molecule has 3 heterocycles. The van der Waals surface area contributed by atoms with Crippen molar-refractivity contribution in [1.82, 2.24) is 9.80 Å². The number of halogens is 1. The first kappa shape index (κ1) is 30.3. The molecule has 4 rings (SSSR count). The van der Waals surface area contributed by atoms with Gasteiger partial charge in [0.05, 0.1) is 28.1 Å². The van der Waals surface area contributed by atoms with Crippen molar-refractivity contribution in [3.63, 3.8) is 0 Å². The second-order valence-electron chi connectivity index (χ2n) is 11.2. The number of rotatable bonds is 13. The number of carbonyl (C=O) groups is 3. The molecule has 3 aliphatic heterocycles. The average molecular weight is 572 g/mol. The fraction of sp³-hybridized carbons (Fsp3) is 0.581. The molecule has 1 aromatic carbocycles. The van der Waals surface area contributed by atoms with E-state index in [1.54, 1.807) is 32.9 Å². The van der Waals surface area contributed by atoms with Crippen LogP contribution in [0.25, 0.3) is 0 Å². The van der Waals surface area contributed by atoms with Crippen molar-refractivity contribution < 1.29 is 24.2 Å². The maximum Gasteiger partial charge on any atom is 0.253 e. The van der Waals surface area contributed by atoms with Gasteiger partial charge in [-0.15, -0.1) is 13.2 Å². The third-order valence-electron chi connectivity index (χ3n) is 8.93. The molecule has 0 aromatic heterocycles. The van der Waals surface area contributed by atoms with Gasteiger partial charge < -0.3 is 24.5 Å². The minimum atomic E-state index is -1.15. The van der Waals surface area contributed by atoms with Gasteiger partial charge in [-0.25, -0.2) is 0 Å². The monoisotopic (exact) mass is 571 g/mol. The summed E-state index contributed by atoms with van der Waals surface area (Å²) in [6.07, 6.45) is 6.05. The van der Waals surface area contributed by atoms with Crippen molar-refractivity contribution in [2.45, 2.75) is 70.1 Å². The smallest absolute Gasteiger partial charge is 0.253 e. The number of ether oxygens (including phenoxy) is 1. The third kappa shape index (κ3) is 4.68. The molecule has 3 saturated heterocycles. The van der Waals surface area contributed by atoms with Crippen LogP contribution in [0.3, 0.4) is 0 Å². The standard InChI is InChI=1S/C31H42ClN3O5/c1-6-16-33(17-7-2)27(37)23-24-28(38)35(19-11-20-36)26(31(24)15-14-30(23,9-4)40-31)29(39)34(18-8-3)25-21(5)12-10-13-22(25)32/h6,8,10,12-13,23-24,26,36H,1,3,7,9,11,14-20H2,2,4-5H3/t23-,24+,26?,30+,31?/m1/s1. The van der Waals surface area contributed by atoms with Gasteiger partial charge in [-0.05, 0) is 50.7 Å². The summed E-state index contributed by atoms with van der Waals surface area (Å²) in [6.45, 7) is 14.7. The molecule has 1 spiro atoms. The molecule has 2 bridgehead atoms. The Morgan fingerprint density at radius 3 is 2.52 bits per heavy atom. The van der Waals surface area contributed by atoms with Gasteiger partial charge in [-0.2, -0.15) is 0 Å². The number of nitrogens with zero attached hydrogens (tertiary/aromatic N) is 3. The Labute approximate surface area is 242 Å². The highest BCUT2D eigenvalue weighted by atomic mass is 35.5. The first-order valence-electron chi connectivity index (χ1n) is 14.4. The van der Waals surface area contributed by atoms with Crippen molar-refractivity contribution in [2.24, 2.45) is 11.8 Å². The van der Waals surface area contributed by atoms with Gasteiger partial charge in [0.15, 0.2) is 0 Å². The fourth-order valence-electron chi connectivity index (χ4n) is 7.30. The number of carbonyl (C=O) groups excluding carboxylic acids is 3. The van der Waals surface area contributed by atoms with Crippen molar-refractivity contribution in [3.05, 3.63) is 54.1 Å². The largest absolute Gasteiger partial charge is 0.396 e. The van der Waals surface area contributed by atoms with E-state index in [0.29, 0.717) is 49.5 Å². The molecule has 9 heteroatoms. The quantitative estimate of drug-likeness (QED) is 0.360. The molecule has 8 nitrogen and oxygen atoms in total. The normalized spacial score (nSPS) is 28.5. The fourth-order valence-corrected chi connectivity index (χ4v) is 7.63. The van der Waals surface area contributed by atoms with Gasteiger partial charge in [-0.1, -0.05) is 49.7 Å². The second kappa shape index (κ2) is 12.0. The lowest BCUT2D eigenvalue weighted by molar-refractivity contribution is -0.151. The zero-order chi connectivity index (χ0) is 29.2. The van der Waals surface area contributed by atoms with E-state index >= 15 is 0 Å². The molecular formula is C31H42ClN3O5. The maximum atomic E-state index is 14.7. The summed E-state index contributed by atoms with van der Waals surface area (Å²) < 4.78 is 6.90. The van der Waals surface area contributed by atoms with E-state index in [1.807, 2.05) is 32.9 Å². The third-order valence-corrected chi connectivity index (χ3v) is 9.23. The molecule has 5 atom stereocenters. The van der Waals surface area contributed by atoms with Crippen molar-refractivity contribution >= 4 is 35.0 Å². The van der Waals surface area contributed by atoms with Gasteiger partial charge >= 0.3 is 0 Å². The number of aryl methyl sites for hydroxylation is 1. The van der Waals surface area contributed by atoms with Crippen LogP contribution in [0.2, 0.25) is 5.02 Å². The first-order chi connectivity index (χ1) is 19.2. The number of para-hydroxylation sites is 1. The van der Waals surface area contributed by atoms with E-state index in [9.17, 15) is 19.5 Å². The summed E-state index contributed by atoms with van der Waals surface area (Å²) in [6, 6.07) is 4.48. The molecule has 3 fully saturated rings.